The van der Waals surface area contributed by atoms with Crippen molar-refractivity contribution in [2.45, 2.75) is 33.1 Å². The number of carbonyl (C=O) groups excluding carboxylic acids is 1. The number of pyridine rings is 1. The molecule has 5 heteroatoms. The van der Waals surface area contributed by atoms with Crippen LogP contribution in [0.4, 0.5) is 0 Å². The SMILES string of the molecule is CCCN(CC#N)C(=O)c1cc(Cl)nc(C(C)C)c1. The van der Waals surface area contributed by atoms with Gasteiger partial charge >= 0.3 is 0 Å². The second-order valence-corrected chi connectivity index (χ2v) is 5.03. The minimum Gasteiger partial charge on any atom is -0.325 e. The van der Waals surface area contributed by atoms with Crippen LogP contribution in [0, 0.1) is 11.3 Å². The Morgan fingerprint density at radius 2 is 2.21 bits per heavy atom. The van der Waals surface area contributed by atoms with E-state index < -0.39 is 0 Å². The lowest BCUT2D eigenvalue weighted by Gasteiger charge is -2.19. The third-order valence-electron chi connectivity index (χ3n) is 2.69. The van der Waals surface area contributed by atoms with E-state index in [1.807, 2.05) is 26.8 Å². The maximum atomic E-state index is 12.3. The fourth-order valence-corrected chi connectivity index (χ4v) is 1.94. The molecule has 0 aliphatic heterocycles. The molecule has 0 atom stereocenters. The molecule has 1 heterocycles. The Balaban J connectivity index is 3.07. The second kappa shape index (κ2) is 7.10. The van der Waals surface area contributed by atoms with Gasteiger partial charge in [-0.25, -0.2) is 4.98 Å². The third-order valence-corrected chi connectivity index (χ3v) is 2.89. The molecule has 0 spiro atoms. The largest absolute Gasteiger partial charge is 0.325 e. The van der Waals surface area contributed by atoms with Gasteiger partial charge in [0.15, 0.2) is 0 Å². The summed E-state index contributed by atoms with van der Waals surface area (Å²) in [5.41, 5.74) is 1.27. The Labute approximate surface area is 119 Å². The summed E-state index contributed by atoms with van der Waals surface area (Å²) in [5.74, 6) is 0.0236. The van der Waals surface area contributed by atoms with Crippen LogP contribution in [0.3, 0.4) is 0 Å². The Morgan fingerprint density at radius 3 is 2.74 bits per heavy atom. The summed E-state index contributed by atoms with van der Waals surface area (Å²) in [6, 6.07) is 5.31. The van der Waals surface area contributed by atoms with Gasteiger partial charge in [0.2, 0.25) is 0 Å². The molecule has 102 valence electrons. The summed E-state index contributed by atoms with van der Waals surface area (Å²) >= 11 is 5.95. The maximum Gasteiger partial charge on any atom is 0.254 e. The molecule has 0 aliphatic rings. The van der Waals surface area contributed by atoms with Crippen LogP contribution in [-0.2, 0) is 0 Å². The summed E-state index contributed by atoms with van der Waals surface area (Å²) in [4.78, 5) is 18.1. The van der Waals surface area contributed by atoms with Crippen molar-refractivity contribution < 1.29 is 4.79 Å². The topological polar surface area (TPSA) is 57.0 Å². The van der Waals surface area contributed by atoms with Crippen molar-refractivity contribution >= 4 is 17.5 Å². The fraction of sp³-hybridized carbons (Fsp3) is 0.500. The minimum absolute atomic E-state index is 0.0869. The van der Waals surface area contributed by atoms with E-state index in [0.717, 1.165) is 12.1 Å². The summed E-state index contributed by atoms with van der Waals surface area (Å²) in [6.45, 7) is 6.60. The number of aromatic nitrogens is 1. The van der Waals surface area contributed by atoms with Crippen molar-refractivity contribution in [1.82, 2.24) is 9.88 Å². The predicted molar refractivity (Wildman–Crippen MR) is 75.1 cm³/mol. The first-order valence-corrected chi connectivity index (χ1v) is 6.71. The molecule has 0 radical (unpaired) electrons. The van der Waals surface area contributed by atoms with E-state index in [1.165, 1.54) is 4.90 Å². The second-order valence-electron chi connectivity index (χ2n) is 4.64. The van der Waals surface area contributed by atoms with Crippen molar-refractivity contribution in [3.05, 3.63) is 28.5 Å². The van der Waals surface area contributed by atoms with Gasteiger partial charge in [0.1, 0.15) is 11.7 Å². The monoisotopic (exact) mass is 279 g/mol. The van der Waals surface area contributed by atoms with Crippen LogP contribution < -0.4 is 0 Å². The molecule has 0 N–H and O–H groups in total. The number of nitriles is 1. The quantitative estimate of drug-likeness (QED) is 0.614. The van der Waals surface area contributed by atoms with Crippen molar-refractivity contribution in [3.8, 4) is 6.07 Å². The summed E-state index contributed by atoms with van der Waals surface area (Å²) in [6.07, 6.45) is 0.809. The summed E-state index contributed by atoms with van der Waals surface area (Å²) < 4.78 is 0. The van der Waals surface area contributed by atoms with Crippen LogP contribution in [0.25, 0.3) is 0 Å². The molecule has 4 nitrogen and oxygen atoms in total. The van der Waals surface area contributed by atoms with E-state index in [2.05, 4.69) is 4.98 Å². The van der Waals surface area contributed by atoms with Crippen LogP contribution in [0.2, 0.25) is 5.15 Å². The van der Waals surface area contributed by atoms with E-state index in [0.29, 0.717) is 17.3 Å². The maximum absolute atomic E-state index is 12.3. The number of rotatable bonds is 5. The average Bonchev–Trinajstić information content (AvgIpc) is 2.37. The normalized spacial score (nSPS) is 10.3. The standard InChI is InChI=1S/C14H18ClN3O/c1-4-6-18(7-5-16)14(19)11-8-12(10(2)3)17-13(15)9-11/h8-10H,4,6-7H2,1-3H3. The fourth-order valence-electron chi connectivity index (χ4n) is 1.73. The molecule has 1 aromatic heterocycles. The molecule has 0 saturated carbocycles. The van der Waals surface area contributed by atoms with Crippen LogP contribution >= 0.6 is 11.6 Å². The van der Waals surface area contributed by atoms with Crippen LogP contribution in [0.5, 0.6) is 0 Å². The zero-order chi connectivity index (χ0) is 14.4. The lowest BCUT2D eigenvalue weighted by Crippen LogP contribution is -2.32. The van der Waals surface area contributed by atoms with Crippen molar-refractivity contribution in [2.24, 2.45) is 0 Å². The van der Waals surface area contributed by atoms with Gasteiger partial charge in [-0.05, 0) is 24.5 Å². The first-order chi connectivity index (χ1) is 8.99. The van der Waals surface area contributed by atoms with Gasteiger partial charge in [0.25, 0.3) is 5.91 Å². The van der Waals surface area contributed by atoms with Crippen LogP contribution in [0.1, 0.15) is 49.2 Å². The van der Waals surface area contributed by atoms with Crippen LogP contribution in [0.15, 0.2) is 12.1 Å². The lowest BCUT2D eigenvalue weighted by atomic mass is 10.1. The number of hydrogen-bond donors (Lipinski definition) is 0. The zero-order valence-corrected chi connectivity index (χ0v) is 12.2. The number of nitrogens with zero attached hydrogens (tertiary/aromatic N) is 3. The molecule has 1 rings (SSSR count). The molecule has 1 aromatic rings. The number of carbonyl (C=O) groups is 1. The third kappa shape index (κ3) is 4.22. The molecular weight excluding hydrogens is 262 g/mol. The highest BCUT2D eigenvalue weighted by Gasteiger charge is 2.17. The van der Waals surface area contributed by atoms with Crippen molar-refractivity contribution in [1.29, 1.82) is 5.26 Å². The van der Waals surface area contributed by atoms with E-state index in [1.54, 1.807) is 12.1 Å². The van der Waals surface area contributed by atoms with Crippen molar-refractivity contribution in [3.63, 3.8) is 0 Å². The molecule has 0 aliphatic carbocycles. The molecule has 1 amide bonds. The summed E-state index contributed by atoms with van der Waals surface area (Å²) in [5, 5.41) is 9.08. The van der Waals surface area contributed by atoms with E-state index >= 15 is 0 Å². The average molecular weight is 280 g/mol. The highest BCUT2D eigenvalue weighted by Crippen LogP contribution is 2.19. The van der Waals surface area contributed by atoms with Gasteiger partial charge in [-0.1, -0.05) is 32.4 Å². The Hall–Kier alpha value is -1.60. The van der Waals surface area contributed by atoms with Gasteiger partial charge in [0, 0.05) is 17.8 Å². The molecule has 0 saturated heterocycles. The lowest BCUT2D eigenvalue weighted by molar-refractivity contribution is 0.0776. The molecule has 0 bridgehead atoms. The zero-order valence-electron chi connectivity index (χ0n) is 11.5. The first kappa shape index (κ1) is 15.5. The molecule has 0 fully saturated rings. The Bertz CT molecular complexity index is 494. The van der Waals surface area contributed by atoms with E-state index in [9.17, 15) is 4.79 Å². The highest BCUT2D eigenvalue weighted by molar-refractivity contribution is 6.29. The number of hydrogen-bond acceptors (Lipinski definition) is 3. The Morgan fingerprint density at radius 1 is 1.53 bits per heavy atom. The van der Waals surface area contributed by atoms with E-state index in [-0.39, 0.29) is 18.4 Å². The first-order valence-electron chi connectivity index (χ1n) is 6.33. The highest BCUT2D eigenvalue weighted by atomic mass is 35.5. The van der Waals surface area contributed by atoms with Crippen molar-refractivity contribution in [2.75, 3.05) is 13.1 Å². The predicted octanol–water partition coefficient (Wildman–Crippen LogP) is 3.23. The van der Waals surface area contributed by atoms with Crippen LogP contribution in [-0.4, -0.2) is 28.9 Å². The summed E-state index contributed by atoms with van der Waals surface area (Å²) in [7, 11) is 0. The van der Waals surface area contributed by atoms with Gasteiger partial charge in [-0.3, -0.25) is 4.79 Å². The number of halogens is 1. The molecule has 0 unspecified atom stereocenters. The van der Waals surface area contributed by atoms with Gasteiger partial charge < -0.3 is 4.90 Å². The van der Waals surface area contributed by atoms with E-state index in [4.69, 9.17) is 16.9 Å². The molecule has 0 aromatic carbocycles. The van der Waals surface area contributed by atoms with Gasteiger partial charge in [0.05, 0.1) is 6.07 Å². The Kier molecular flexibility index (Phi) is 5.78. The molecule has 19 heavy (non-hydrogen) atoms. The minimum atomic E-state index is -0.172. The smallest absolute Gasteiger partial charge is 0.254 e. The van der Waals surface area contributed by atoms with Gasteiger partial charge in [-0.15, -0.1) is 0 Å². The molecular formula is C14H18ClN3O. The number of amides is 1. The van der Waals surface area contributed by atoms with Gasteiger partial charge in [-0.2, -0.15) is 5.26 Å².